The lowest BCUT2D eigenvalue weighted by Gasteiger charge is -2.49. The van der Waals surface area contributed by atoms with Crippen LogP contribution >= 0.6 is 46.6 Å². The van der Waals surface area contributed by atoms with Crippen LogP contribution in [0.25, 0.3) is 0 Å². The van der Waals surface area contributed by atoms with Crippen LogP contribution in [0, 0.1) is 3.57 Å². The van der Waals surface area contributed by atoms with Crippen molar-refractivity contribution in [2.75, 3.05) is 5.32 Å². The third kappa shape index (κ3) is 11.9. The van der Waals surface area contributed by atoms with E-state index < -0.39 is 0 Å². The van der Waals surface area contributed by atoms with Crippen molar-refractivity contribution in [2.45, 2.75) is 147 Å². The third-order valence-corrected chi connectivity index (χ3v) is 10.3. The summed E-state index contributed by atoms with van der Waals surface area (Å²) in [5.74, 6) is 0. The fourth-order valence-corrected chi connectivity index (χ4v) is 8.20. The number of benzene rings is 1. The molecular weight excluding hydrogens is 579 g/mol. The Labute approximate surface area is 240 Å². The minimum Gasteiger partial charge on any atom is -0.334 e. The molecule has 1 aliphatic rings. The van der Waals surface area contributed by atoms with Gasteiger partial charge in [-0.15, -0.1) is 11.8 Å². The van der Waals surface area contributed by atoms with Gasteiger partial charge in [-0.1, -0.05) is 110 Å². The van der Waals surface area contributed by atoms with E-state index in [2.05, 4.69) is 96.5 Å². The van der Waals surface area contributed by atoms with E-state index in [1.54, 1.807) is 0 Å². The number of anilines is 1. The number of nitrogens with one attached hydrogen (secondary N) is 1. The van der Waals surface area contributed by atoms with E-state index in [1.165, 1.54) is 106 Å². The van der Waals surface area contributed by atoms with Crippen LogP contribution in [-0.2, 0) is 0 Å². The van der Waals surface area contributed by atoms with Gasteiger partial charge in [-0.3, -0.25) is 0 Å². The lowest BCUT2D eigenvalue weighted by Crippen LogP contribution is -2.54. The van der Waals surface area contributed by atoms with Crippen molar-refractivity contribution < 1.29 is 0 Å². The zero-order valence-corrected chi connectivity index (χ0v) is 26.7. The van der Waals surface area contributed by atoms with Gasteiger partial charge in [-0.25, -0.2) is 0 Å². The number of thioether (sulfide) groups is 1. The standard InChI is InChI=1S/C30H51IN2S2/c1-5-7-8-9-10-11-12-13-14-15-16-17-18-22-28-33(25(3)24-30(4,6-2)35-28)29(34)32-27-21-19-20-26(31)23-27/h19-21,23,25,28H,5-18,22,24H2,1-4H3,(H,32,34). The first-order chi connectivity index (χ1) is 16.9. The summed E-state index contributed by atoms with van der Waals surface area (Å²) in [6, 6.07) is 8.98. The minimum absolute atomic E-state index is 0.356. The highest BCUT2D eigenvalue weighted by atomic mass is 127. The molecule has 0 spiro atoms. The van der Waals surface area contributed by atoms with Crippen LogP contribution in [0.3, 0.4) is 0 Å². The largest absolute Gasteiger partial charge is 0.334 e. The Kier molecular flexibility index (Phi) is 15.6. The fraction of sp³-hybridized carbons (Fsp3) is 0.767. The van der Waals surface area contributed by atoms with E-state index in [1.807, 2.05) is 0 Å². The summed E-state index contributed by atoms with van der Waals surface area (Å²) < 4.78 is 1.59. The number of hydrogen-bond acceptors (Lipinski definition) is 2. The molecule has 1 fully saturated rings. The second-order valence-electron chi connectivity index (χ2n) is 10.8. The summed E-state index contributed by atoms with van der Waals surface area (Å²) >= 11 is 10.5. The summed E-state index contributed by atoms with van der Waals surface area (Å²) in [5.41, 5.74) is 1.10. The SMILES string of the molecule is CCCCCCCCCCCCCCCC1SC(C)(CC)CC(C)N1C(=S)Nc1cccc(I)c1. The first-order valence-corrected chi connectivity index (χ1v) is 16.8. The molecular formula is C30H51IN2S2. The maximum atomic E-state index is 5.96. The summed E-state index contributed by atoms with van der Waals surface area (Å²) in [6.07, 6.45) is 22.0. The van der Waals surface area contributed by atoms with E-state index in [0.29, 0.717) is 16.2 Å². The summed E-state index contributed by atoms with van der Waals surface area (Å²) in [4.78, 5) is 2.51. The van der Waals surface area contributed by atoms with Crippen LogP contribution < -0.4 is 5.32 Å². The highest BCUT2D eigenvalue weighted by Gasteiger charge is 2.40. The second-order valence-corrected chi connectivity index (χ2v) is 14.2. The van der Waals surface area contributed by atoms with Crippen molar-refractivity contribution in [1.29, 1.82) is 0 Å². The lowest BCUT2D eigenvalue weighted by molar-refractivity contribution is 0.247. The van der Waals surface area contributed by atoms with Gasteiger partial charge in [-0.05, 0) is 79.2 Å². The number of thiocarbonyl (C=S) groups is 1. The van der Waals surface area contributed by atoms with E-state index in [4.69, 9.17) is 12.2 Å². The molecule has 3 atom stereocenters. The summed E-state index contributed by atoms with van der Waals surface area (Å²) in [7, 11) is 0. The average Bonchev–Trinajstić information content (AvgIpc) is 2.81. The number of halogens is 1. The highest BCUT2D eigenvalue weighted by molar-refractivity contribution is 14.1. The molecule has 1 N–H and O–H groups in total. The molecule has 1 aromatic rings. The number of hydrogen-bond donors (Lipinski definition) is 1. The van der Waals surface area contributed by atoms with Crippen LogP contribution in [0.1, 0.15) is 130 Å². The van der Waals surface area contributed by atoms with Crippen LogP contribution in [0.15, 0.2) is 24.3 Å². The van der Waals surface area contributed by atoms with Gasteiger partial charge in [0.05, 0.1) is 5.37 Å². The molecule has 5 heteroatoms. The van der Waals surface area contributed by atoms with Gasteiger partial charge >= 0.3 is 0 Å². The molecule has 1 heterocycles. The van der Waals surface area contributed by atoms with Crippen molar-refractivity contribution >= 4 is 57.4 Å². The van der Waals surface area contributed by atoms with Crippen LogP contribution in [0.4, 0.5) is 5.69 Å². The minimum atomic E-state index is 0.356. The molecule has 2 nitrogen and oxygen atoms in total. The van der Waals surface area contributed by atoms with E-state index >= 15 is 0 Å². The van der Waals surface area contributed by atoms with Crippen LogP contribution in [0.5, 0.6) is 0 Å². The Balaban J connectivity index is 1.73. The Hall–Kier alpha value is -0.0100. The molecule has 0 bridgehead atoms. The number of unbranched alkanes of at least 4 members (excludes halogenated alkanes) is 12. The Morgan fingerprint density at radius 3 is 2.11 bits per heavy atom. The molecule has 3 unspecified atom stereocenters. The molecule has 0 amide bonds. The Morgan fingerprint density at radius 2 is 1.57 bits per heavy atom. The van der Waals surface area contributed by atoms with Gasteiger partial charge in [0.1, 0.15) is 0 Å². The molecule has 200 valence electrons. The predicted octanol–water partition coefficient (Wildman–Crippen LogP) is 10.8. The van der Waals surface area contributed by atoms with Crippen LogP contribution in [0.2, 0.25) is 0 Å². The van der Waals surface area contributed by atoms with Gasteiger partial charge in [0.2, 0.25) is 0 Å². The predicted molar refractivity (Wildman–Crippen MR) is 172 cm³/mol. The van der Waals surface area contributed by atoms with Gasteiger partial charge in [-0.2, -0.15) is 0 Å². The Morgan fingerprint density at radius 1 is 1.00 bits per heavy atom. The first-order valence-electron chi connectivity index (χ1n) is 14.4. The average molecular weight is 631 g/mol. The second kappa shape index (κ2) is 17.5. The summed E-state index contributed by atoms with van der Waals surface area (Å²) in [6.45, 7) is 9.47. The van der Waals surface area contributed by atoms with Gasteiger partial charge in [0.25, 0.3) is 0 Å². The van der Waals surface area contributed by atoms with Crippen LogP contribution in [-0.4, -0.2) is 26.2 Å². The van der Waals surface area contributed by atoms with E-state index in [-0.39, 0.29) is 0 Å². The molecule has 0 aromatic heterocycles. The fourth-order valence-electron chi connectivity index (χ4n) is 5.29. The zero-order chi connectivity index (χ0) is 25.5. The molecule has 0 saturated carbocycles. The molecule has 1 aromatic carbocycles. The lowest BCUT2D eigenvalue weighted by atomic mass is 9.97. The molecule has 1 aliphatic heterocycles. The summed E-state index contributed by atoms with van der Waals surface area (Å²) in [5, 5.41) is 4.91. The maximum absolute atomic E-state index is 5.96. The maximum Gasteiger partial charge on any atom is 0.174 e. The molecule has 0 aliphatic carbocycles. The Bertz CT molecular complexity index is 728. The first kappa shape index (κ1) is 31.2. The monoisotopic (exact) mass is 630 g/mol. The zero-order valence-electron chi connectivity index (χ0n) is 22.9. The van der Waals surface area contributed by atoms with Crippen molar-refractivity contribution in [2.24, 2.45) is 0 Å². The quantitative estimate of drug-likeness (QED) is 0.111. The number of nitrogens with zero attached hydrogens (tertiary/aromatic N) is 1. The van der Waals surface area contributed by atoms with Crippen molar-refractivity contribution in [1.82, 2.24) is 4.90 Å². The van der Waals surface area contributed by atoms with Gasteiger partial charge in [0, 0.05) is 20.0 Å². The number of rotatable bonds is 16. The molecule has 2 rings (SSSR count). The smallest absolute Gasteiger partial charge is 0.174 e. The molecule has 35 heavy (non-hydrogen) atoms. The molecule has 1 saturated heterocycles. The third-order valence-electron chi connectivity index (χ3n) is 7.55. The normalized spacial score (nSPS) is 22.4. The van der Waals surface area contributed by atoms with Crippen molar-refractivity contribution in [3.63, 3.8) is 0 Å². The van der Waals surface area contributed by atoms with E-state index in [0.717, 1.165) is 10.8 Å². The van der Waals surface area contributed by atoms with Crippen molar-refractivity contribution in [3.8, 4) is 0 Å². The molecule has 0 radical (unpaired) electrons. The van der Waals surface area contributed by atoms with Gasteiger partial charge in [0.15, 0.2) is 5.11 Å². The van der Waals surface area contributed by atoms with E-state index in [9.17, 15) is 0 Å². The van der Waals surface area contributed by atoms with Crippen molar-refractivity contribution in [3.05, 3.63) is 27.8 Å². The topological polar surface area (TPSA) is 15.3 Å². The van der Waals surface area contributed by atoms with Gasteiger partial charge < -0.3 is 10.2 Å². The highest BCUT2D eigenvalue weighted by Crippen LogP contribution is 2.45.